The van der Waals surface area contributed by atoms with Crippen LogP contribution in [0.2, 0.25) is 0 Å². The first-order chi connectivity index (χ1) is 17.9. The molecule has 0 spiro atoms. The van der Waals surface area contributed by atoms with E-state index in [1.807, 2.05) is 30.0 Å². The number of halogens is 2. The number of hydrogen-bond acceptors (Lipinski definition) is 5. The normalized spacial score (nSPS) is 15.6. The molecule has 1 N–H and O–H groups in total. The SMILES string of the molecule is CC(F)Oc1cccc([C@H](C)CC(=O)N2CCN(c3ncnc4[nH]c(-c5ccc(F)cc5)cc34)CC2)c1. The number of H-pyrrole nitrogens is 1. The van der Waals surface area contributed by atoms with Crippen LogP contribution in [0, 0.1) is 5.82 Å². The number of aromatic amines is 1. The number of carbonyl (C=O) groups is 1. The molecule has 2 aromatic carbocycles. The third-order valence-corrected chi connectivity index (χ3v) is 6.70. The first-order valence-electron chi connectivity index (χ1n) is 12.4. The van der Waals surface area contributed by atoms with Crippen molar-refractivity contribution >= 4 is 22.8 Å². The van der Waals surface area contributed by atoms with E-state index >= 15 is 0 Å². The number of benzene rings is 2. The molecule has 1 saturated heterocycles. The lowest BCUT2D eigenvalue weighted by Crippen LogP contribution is -2.49. The number of nitrogens with zero attached hydrogens (tertiary/aromatic N) is 4. The highest BCUT2D eigenvalue weighted by Crippen LogP contribution is 2.30. The van der Waals surface area contributed by atoms with Crippen LogP contribution in [0.25, 0.3) is 22.3 Å². The molecule has 1 fully saturated rings. The van der Waals surface area contributed by atoms with Crippen molar-refractivity contribution in [1.82, 2.24) is 19.9 Å². The Labute approximate surface area is 214 Å². The monoisotopic (exact) mass is 505 g/mol. The molecule has 0 radical (unpaired) electrons. The Morgan fingerprint density at radius 2 is 1.81 bits per heavy atom. The lowest BCUT2D eigenvalue weighted by atomic mass is 9.97. The summed E-state index contributed by atoms with van der Waals surface area (Å²) in [7, 11) is 0. The van der Waals surface area contributed by atoms with E-state index in [1.54, 1.807) is 24.3 Å². The second kappa shape index (κ2) is 10.5. The maximum atomic E-state index is 13.3. The molecular weight excluding hydrogens is 476 g/mol. The van der Waals surface area contributed by atoms with Crippen LogP contribution in [0.5, 0.6) is 5.75 Å². The molecule has 192 valence electrons. The van der Waals surface area contributed by atoms with E-state index in [9.17, 15) is 13.6 Å². The van der Waals surface area contributed by atoms with Gasteiger partial charge in [0.1, 0.15) is 29.4 Å². The van der Waals surface area contributed by atoms with Crippen molar-refractivity contribution in [3.63, 3.8) is 0 Å². The summed E-state index contributed by atoms with van der Waals surface area (Å²) in [5.74, 6) is 1.06. The Hall–Kier alpha value is -4.01. The summed E-state index contributed by atoms with van der Waals surface area (Å²) in [4.78, 5) is 29.3. The van der Waals surface area contributed by atoms with Gasteiger partial charge in [-0.1, -0.05) is 19.1 Å². The van der Waals surface area contributed by atoms with E-state index in [4.69, 9.17) is 4.74 Å². The smallest absolute Gasteiger partial charge is 0.235 e. The van der Waals surface area contributed by atoms with Gasteiger partial charge in [-0.2, -0.15) is 0 Å². The number of nitrogens with one attached hydrogen (secondary N) is 1. The van der Waals surface area contributed by atoms with E-state index in [0.29, 0.717) is 44.0 Å². The standard InChI is InChI=1S/C28H29F2N5O2/c1-18(21-4-3-5-23(15-21)37-19(2)29)14-26(36)34-10-12-35(13-11-34)28-24-16-25(33-27(24)31-17-32-28)20-6-8-22(30)9-7-20/h3-9,15-19H,10-14H2,1-2H3,(H,31,32,33)/t18-,19?/m1/s1. The quantitative estimate of drug-likeness (QED) is 0.369. The van der Waals surface area contributed by atoms with Crippen LogP contribution in [0.3, 0.4) is 0 Å². The van der Waals surface area contributed by atoms with Gasteiger partial charge in [-0.3, -0.25) is 4.79 Å². The van der Waals surface area contributed by atoms with Crippen LogP contribution in [0.15, 0.2) is 60.9 Å². The molecule has 1 unspecified atom stereocenters. The van der Waals surface area contributed by atoms with Gasteiger partial charge in [-0.05, 0) is 59.5 Å². The Morgan fingerprint density at radius 3 is 2.54 bits per heavy atom. The van der Waals surface area contributed by atoms with Crippen molar-refractivity contribution in [2.24, 2.45) is 0 Å². The molecular formula is C28H29F2N5O2. The summed E-state index contributed by atoms with van der Waals surface area (Å²) >= 11 is 0. The molecule has 37 heavy (non-hydrogen) atoms. The summed E-state index contributed by atoms with van der Waals surface area (Å²) in [6.45, 7) is 5.83. The molecule has 2 aromatic heterocycles. The van der Waals surface area contributed by atoms with E-state index in [0.717, 1.165) is 28.0 Å². The van der Waals surface area contributed by atoms with Gasteiger partial charge in [0.25, 0.3) is 0 Å². The summed E-state index contributed by atoms with van der Waals surface area (Å²) < 4.78 is 31.7. The van der Waals surface area contributed by atoms with Crippen molar-refractivity contribution < 1.29 is 18.3 Å². The number of rotatable bonds is 7. The second-order valence-electron chi connectivity index (χ2n) is 9.36. The van der Waals surface area contributed by atoms with E-state index in [1.165, 1.54) is 25.4 Å². The third kappa shape index (κ3) is 5.55. The average Bonchev–Trinajstić information content (AvgIpc) is 3.33. The number of amides is 1. The average molecular weight is 506 g/mol. The molecule has 1 aliphatic heterocycles. The zero-order valence-electron chi connectivity index (χ0n) is 20.8. The Bertz CT molecular complexity index is 1380. The number of carbonyl (C=O) groups excluding carboxylic acids is 1. The fourth-order valence-corrected chi connectivity index (χ4v) is 4.72. The zero-order valence-corrected chi connectivity index (χ0v) is 20.8. The Morgan fingerprint density at radius 1 is 1.05 bits per heavy atom. The molecule has 1 aliphatic rings. The number of alkyl halides is 1. The van der Waals surface area contributed by atoms with Crippen molar-refractivity contribution in [1.29, 1.82) is 0 Å². The Balaban J connectivity index is 1.23. The Kier molecular flexibility index (Phi) is 7.03. The minimum absolute atomic E-state index is 0.0183. The van der Waals surface area contributed by atoms with Gasteiger partial charge in [0, 0.05) is 45.2 Å². The number of anilines is 1. The predicted octanol–water partition coefficient (Wildman–Crippen LogP) is 5.30. The van der Waals surface area contributed by atoms with Gasteiger partial charge < -0.3 is 19.5 Å². The summed E-state index contributed by atoms with van der Waals surface area (Å²) in [6.07, 6.45) is 0.509. The number of ether oxygens (including phenoxy) is 1. The highest BCUT2D eigenvalue weighted by molar-refractivity contribution is 5.92. The molecule has 0 saturated carbocycles. The zero-order chi connectivity index (χ0) is 25.9. The second-order valence-corrected chi connectivity index (χ2v) is 9.36. The van der Waals surface area contributed by atoms with Gasteiger partial charge in [0.15, 0.2) is 0 Å². The van der Waals surface area contributed by atoms with Crippen LogP contribution in [-0.4, -0.2) is 58.3 Å². The van der Waals surface area contributed by atoms with Gasteiger partial charge >= 0.3 is 0 Å². The number of hydrogen-bond donors (Lipinski definition) is 1. The predicted molar refractivity (Wildman–Crippen MR) is 139 cm³/mol. The highest BCUT2D eigenvalue weighted by Gasteiger charge is 2.25. The molecule has 3 heterocycles. The maximum absolute atomic E-state index is 13.3. The summed E-state index contributed by atoms with van der Waals surface area (Å²) in [5.41, 5.74) is 3.36. The first kappa shape index (κ1) is 24.7. The van der Waals surface area contributed by atoms with Crippen molar-refractivity contribution in [2.45, 2.75) is 32.5 Å². The molecule has 4 aromatic rings. The lowest BCUT2D eigenvalue weighted by Gasteiger charge is -2.36. The molecule has 1 amide bonds. The molecule has 0 bridgehead atoms. The van der Waals surface area contributed by atoms with Crippen LogP contribution < -0.4 is 9.64 Å². The van der Waals surface area contributed by atoms with Gasteiger partial charge in [-0.15, -0.1) is 0 Å². The molecule has 9 heteroatoms. The van der Waals surface area contributed by atoms with Crippen LogP contribution in [0.4, 0.5) is 14.6 Å². The van der Waals surface area contributed by atoms with E-state index in [-0.39, 0.29) is 17.6 Å². The fraction of sp³-hybridized carbons (Fsp3) is 0.321. The van der Waals surface area contributed by atoms with Gasteiger partial charge in [-0.25, -0.2) is 18.7 Å². The molecule has 0 aliphatic carbocycles. The highest BCUT2D eigenvalue weighted by atomic mass is 19.1. The lowest BCUT2D eigenvalue weighted by molar-refractivity contribution is -0.131. The van der Waals surface area contributed by atoms with E-state index < -0.39 is 6.36 Å². The minimum Gasteiger partial charge on any atom is -0.461 e. The third-order valence-electron chi connectivity index (χ3n) is 6.70. The summed E-state index contributed by atoms with van der Waals surface area (Å²) in [6, 6.07) is 15.6. The maximum Gasteiger partial charge on any atom is 0.235 e. The molecule has 7 nitrogen and oxygen atoms in total. The summed E-state index contributed by atoms with van der Waals surface area (Å²) in [5, 5.41) is 0.889. The minimum atomic E-state index is -1.39. The number of aromatic nitrogens is 3. The van der Waals surface area contributed by atoms with Gasteiger partial charge in [0.05, 0.1) is 5.39 Å². The van der Waals surface area contributed by atoms with E-state index in [2.05, 4.69) is 19.9 Å². The van der Waals surface area contributed by atoms with Crippen LogP contribution in [-0.2, 0) is 4.79 Å². The van der Waals surface area contributed by atoms with Crippen LogP contribution in [0.1, 0.15) is 31.7 Å². The van der Waals surface area contributed by atoms with Crippen LogP contribution >= 0.6 is 0 Å². The number of piperazine rings is 1. The topological polar surface area (TPSA) is 74.3 Å². The fourth-order valence-electron chi connectivity index (χ4n) is 4.72. The first-order valence-corrected chi connectivity index (χ1v) is 12.4. The van der Waals surface area contributed by atoms with Gasteiger partial charge in [0.2, 0.25) is 12.3 Å². The van der Waals surface area contributed by atoms with Crippen molar-refractivity contribution in [3.8, 4) is 17.0 Å². The van der Waals surface area contributed by atoms with Crippen molar-refractivity contribution in [3.05, 3.63) is 72.3 Å². The molecule has 2 atom stereocenters. The number of fused-ring (bicyclic) bond motifs is 1. The molecule has 5 rings (SSSR count). The van der Waals surface area contributed by atoms with Crippen molar-refractivity contribution in [2.75, 3.05) is 31.1 Å². The largest absolute Gasteiger partial charge is 0.461 e.